The monoisotopic (exact) mass is 479 g/mol. The van der Waals surface area contributed by atoms with Crippen LogP contribution in [0.4, 0.5) is 0 Å². The number of rotatable bonds is 5. The Balaban J connectivity index is 1.85. The molecule has 3 aromatic rings. The van der Waals surface area contributed by atoms with Crippen LogP contribution in [0.5, 0.6) is 0 Å². The fraction of sp³-hybridized carbons (Fsp3) is 0.185. The van der Waals surface area contributed by atoms with E-state index in [1.165, 1.54) is 4.90 Å². The Kier molecular flexibility index (Phi) is 6.59. The number of aliphatic hydroxyl groups is 1. The Morgan fingerprint density at radius 3 is 2.36 bits per heavy atom. The third kappa shape index (κ3) is 4.54. The fourth-order valence-electron chi connectivity index (χ4n) is 4.17. The van der Waals surface area contributed by atoms with Gasteiger partial charge in [-0.05, 0) is 55.2 Å². The number of halogens is 2. The number of benzene rings is 3. The quantitative estimate of drug-likeness (QED) is 0.266. The lowest BCUT2D eigenvalue weighted by Crippen LogP contribution is -2.31. The van der Waals surface area contributed by atoms with Gasteiger partial charge >= 0.3 is 0 Å². The normalized spacial score (nSPS) is 17.6. The number of likely N-dealkylation sites (tertiary alicyclic amines) is 1. The lowest BCUT2D eigenvalue weighted by molar-refractivity contribution is -0.139. The summed E-state index contributed by atoms with van der Waals surface area (Å²) in [5.74, 6) is -1.54. The average molecular weight is 480 g/mol. The van der Waals surface area contributed by atoms with Crippen molar-refractivity contribution < 1.29 is 14.7 Å². The van der Waals surface area contributed by atoms with Gasteiger partial charge in [0, 0.05) is 12.1 Å². The summed E-state index contributed by atoms with van der Waals surface area (Å²) in [7, 11) is 0. The SMILES string of the molecule is Cc1ccc(C)c(/C(O)=C2\C(=O)C(=O)N(CCc3ccccc3)C2c2ccc(Cl)c(Cl)c2)c1. The molecule has 0 aliphatic carbocycles. The second-order valence-corrected chi connectivity index (χ2v) is 9.03. The zero-order chi connectivity index (χ0) is 23.7. The van der Waals surface area contributed by atoms with Crippen molar-refractivity contribution in [3.63, 3.8) is 0 Å². The van der Waals surface area contributed by atoms with Crippen molar-refractivity contribution in [2.24, 2.45) is 0 Å². The molecule has 1 atom stereocenters. The van der Waals surface area contributed by atoms with E-state index in [0.717, 1.165) is 16.7 Å². The average Bonchev–Trinajstić information content (AvgIpc) is 3.06. The molecule has 0 radical (unpaired) electrons. The Morgan fingerprint density at radius 2 is 1.67 bits per heavy atom. The first-order chi connectivity index (χ1) is 15.8. The van der Waals surface area contributed by atoms with E-state index in [2.05, 4.69) is 0 Å². The summed E-state index contributed by atoms with van der Waals surface area (Å²) < 4.78 is 0. The van der Waals surface area contributed by atoms with Crippen LogP contribution in [0.15, 0.2) is 72.3 Å². The Morgan fingerprint density at radius 1 is 0.939 bits per heavy atom. The third-order valence-corrected chi connectivity index (χ3v) is 6.67. The Bertz CT molecular complexity index is 1270. The van der Waals surface area contributed by atoms with Crippen LogP contribution in [0, 0.1) is 13.8 Å². The molecule has 33 heavy (non-hydrogen) atoms. The minimum Gasteiger partial charge on any atom is -0.507 e. The summed E-state index contributed by atoms with van der Waals surface area (Å²) in [6.45, 7) is 4.07. The summed E-state index contributed by atoms with van der Waals surface area (Å²) in [4.78, 5) is 27.8. The van der Waals surface area contributed by atoms with Crippen LogP contribution >= 0.6 is 23.2 Å². The van der Waals surface area contributed by atoms with E-state index in [4.69, 9.17) is 23.2 Å². The molecule has 1 aliphatic rings. The summed E-state index contributed by atoms with van der Waals surface area (Å²) in [5, 5.41) is 12.0. The molecule has 1 unspecified atom stereocenters. The van der Waals surface area contributed by atoms with Crippen molar-refractivity contribution in [2.45, 2.75) is 26.3 Å². The van der Waals surface area contributed by atoms with Gasteiger partial charge in [0.05, 0.1) is 21.7 Å². The maximum atomic E-state index is 13.2. The van der Waals surface area contributed by atoms with Gasteiger partial charge in [0.2, 0.25) is 0 Å². The number of aryl methyl sites for hydroxylation is 2. The van der Waals surface area contributed by atoms with Crippen LogP contribution in [0.3, 0.4) is 0 Å². The minimum absolute atomic E-state index is 0.0557. The topological polar surface area (TPSA) is 57.6 Å². The van der Waals surface area contributed by atoms with Gasteiger partial charge in [-0.15, -0.1) is 0 Å². The molecule has 0 aromatic heterocycles. The molecular weight excluding hydrogens is 457 g/mol. The maximum Gasteiger partial charge on any atom is 0.295 e. The first kappa shape index (κ1) is 23.1. The summed E-state index contributed by atoms with van der Waals surface area (Å²) in [6, 6.07) is 19.6. The highest BCUT2D eigenvalue weighted by atomic mass is 35.5. The van der Waals surface area contributed by atoms with Crippen LogP contribution < -0.4 is 0 Å². The largest absolute Gasteiger partial charge is 0.507 e. The van der Waals surface area contributed by atoms with Crippen LogP contribution in [0.2, 0.25) is 10.0 Å². The molecule has 0 bridgehead atoms. The van der Waals surface area contributed by atoms with Crippen molar-refractivity contribution in [1.29, 1.82) is 0 Å². The van der Waals surface area contributed by atoms with E-state index in [1.807, 2.05) is 62.4 Å². The van der Waals surface area contributed by atoms with Crippen molar-refractivity contribution in [3.8, 4) is 0 Å². The molecule has 4 nitrogen and oxygen atoms in total. The zero-order valence-electron chi connectivity index (χ0n) is 18.3. The van der Waals surface area contributed by atoms with Gasteiger partial charge in [0.1, 0.15) is 5.76 Å². The van der Waals surface area contributed by atoms with E-state index in [9.17, 15) is 14.7 Å². The van der Waals surface area contributed by atoms with Crippen molar-refractivity contribution >= 4 is 40.7 Å². The Labute approximate surface area is 203 Å². The van der Waals surface area contributed by atoms with Crippen LogP contribution in [0.1, 0.15) is 33.9 Å². The lowest BCUT2D eigenvalue weighted by Gasteiger charge is -2.26. The summed E-state index contributed by atoms with van der Waals surface area (Å²) in [6.07, 6.45) is 0.565. The number of hydrogen-bond acceptors (Lipinski definition) is 3. The van der Waals surface area contributed by atoms with Crippen LogP contribution in [-0.2, 0) is 16.0 Å². The third-order valence-electron chi connectivity index (χ3n) is 5.93. The second kappa shape index (κ2) is 9.42. The summed E-state index contributed by atoms with van der Waals surface area (Å²) in [5.41, 5.74) is 3.99. The van der Waals surface area contributed by atoms with Gasteiger partial charge in [0.25, 0.3) is 11.7 Å². The summed E-state index contributed by atoms with van der Waals surface area (Å²) >= 11 is 12.4. The predicted octanol–water partition coefficient (Wildman–Crippen LogP) is 6.27. The standard InChI is InChI=1S/C27H23Cl2NO3/c1-16-8-9-17(2)20(14-16)25(31)23-24(19-10-11-21(28)22(29)15-19)30(27(33)26(23)32)13-12-18-6-4-3-5-7-18/h3-11,14-15,24,31H,12-13H2,1-2H3/b25-23+. The molecule has 1 fully saturated rings. The Hall–Kier alpha value is -3.08. The van der Waals surface area contributed by atoms with Gasteiger partial charge < -0.3 is 10.0 Å². The first-order valence-electron chi connectivity index (χ1n) is 10.6. The zero-order valence-corrected chi connectivity index (χ0v) is 19.8. The molecule has 1 aliphatic heterocycles. The van der Waals surface area contributed by atoms with Gasteiger partial charge in [-0.25, -0.2) is 0 Å². The van der Waals surface area contributed by atoms with Gasteiger partial charge in [-0.1, -0.05) is 77.3 Å². The predicted molar refractivity (Wildman–Crippen MR) is 132 cm³/mol. The second-order valence-electron chi connectivity index (χ2n) is 8.22. The number of amides is 1. The number of aliphatic hydroxyl groups excluding tert-OH is 1. The number of carbonyl (C=O) groups is 2. The molecule has 1 amide bonds. The first-order valence-corrected chi connectivity index (χ1v) is 11.4. The smallest absolute Gasteiger partial charge is 0.295 e. The number of carbonyl (C=O) groups excluding carboxylic acids is 2. The molecule has 3 aromatic carbocycles. The molecule has 1 saturated heterocycles. The van der Waals surface area contributed by atoms with Gasteiger partial charge in [-0.3, -0.25) is 9.59 Å². The number of ketones is 1. The highest BCUT2D eigenvalue weighted by molar-refractivity contribution is 6.47. The number of hydrogen-bond donors (Lipinski definition) is 1. The fourth-order valence-corrected chi connectivity index (χ4v) is 4.48. The molecule has 0 spiro atoms. The highest BCUT2D eigenvalue weighted by Gasteiger charge is 2.46. The number of Topliss-reactive ketones (excluding diaryl/α,β-unsaturated/α-hetero) is 1. The number of nitrogens with zero attached hydrogens (tertiary/aromatic N) is 1. The molecular formula is C27H23Cl2NO3. The van der Waals surface area contributed by atoms with E-state index >= 15 is 0 Å². The van der Waals surface area contributed by atoms with Crippen LogP contribution in [-0.4, -0.2) is 28.2 Å². The highest BCUT2D eigenvalue weighted by Crippen LogP contribution is 2.41. The minimum atomic E-state index is -0.775. The van der Waals surface area contributed by atoms with Crippen molar-refractivity contribution in [1.82, 2.24) is 4.90 Å². The van der Waals surface area contributed by atoms with Crippen molar-refractivity contribution in [3.05, 3.63) is 110 Å². The van der Waals surface area contributed by atoms with Gasteiger partial charge in [-0.2, -0.15) is 0 Å². The molecule has 6 heteroatoms. The molecule has 168 valence electrons. The van der Waals surface area contributed by atoms with E-state index in [-0.39, 0.29) is 11.3 Å². The molecule has 0 saturated carbocycles. The van der Waals surface area contributed by atoms with E-state index in [0.29, 0.717) is 34.1 Å². The van der Waals surface area contributed by atoms with Crippen LogP contribution in [0.25, 0.3) is 5.76 Å². The van der Waals surface area contributed by atoms with E-state index < -0.39 is 17.7 Å². The van der Waals surface area contributed by atoms with Crippen molar-refractivity contribution in [2.75, 3.05) is 6.54 Å². The van der Waals surface area contributed by atoms with Gasteiger partial charge in [0.15, 0.2) is 0 Å². The maximum absolute atomic E-state index is 13.2. The van der Waals surface area contributed by atoms with E-state index in [1.54, 1.807) is 18.2 Å². The molecule has 4 rings (SSSR count). The molecule has 1 heterocycles. The lowest BCUT2D eigenvalue weighted by atomic mass is 9.93. The molecule has 1 N–H and O–H groups in total.